The largest absolute Gasteiger partial charge is 0.399 e. The van der Waals surface area contributed by atoms with Gasteiger partial charge in [0, 0.05) is 34.4 Å². The summed E-state index contributed by atoms with van der Waals surface area (Å²) in [5, 5.41) is 8.50. The summed E-state index contributed by atoms with van der Waals surface area (Å²) in [6.45, 7) is 0. The lowest BCUT2D eigenvalue weighted by molar-refractivity contribution is 0.0925. The Morgan fingerprint density at radius 2 is 2.30 bits per heavy atom. The molecule has 1 amide bonds. The predicted molar refractivity (Wildman–Crippen MR) is 90.8 cm³/mol. The van der Waals surface area contributed by atoms with Gasteiger partial charge < -0.3 is 20.9 Å². The molecule has 122 valence electrons. The minimum Gasteiger partial charge on any atom is -0.399 e. The van der Waals surface area contributed by atoms with Gasteiger partial charge in [-0.2, -0.15) is 0 Å². The number of fused-ring (bicyclic) bond motifs is 1. The molecule has 23 heavy (non-hydrogen) atoms. The number of nitrogens with two attached hydrogens (primary N) is 1. The van der Waals surface area contributed by atoms with E-state index in [1.54, 1.807) is 12.1 Å². The molecular weight excluding hydrogens is 316 g/mol. The topological polar surface area (TPSA) is 92.5 Å². The lowest BCUT2D eigenvalue weighted by atomic mass is 9.89. The van der Waals surface area contributed by atoms with Crippen LogP contribution in [-0.2, 0) is 4.84 Å². The summed E-state index contributed by atoms with van der Waals surface area (Å²) in [6.07, 6.45) is 2.18. The average Bonchev–Trinajstić information content (AvgIpc) is 2.94. The number of H-pyrrole nitrogens is 1. The second-order valence-electron chi connectivity index (χ2n) is 5.74. The van der Waals surface area contributed by atoms with Gasteiger partial charge in [0.2, 0.25) is 0 Å². The van der Waals surface area contributed by atoms with Crippen LogP contribution < -0.4 is 11.1 Å². The van der Waals surface area contributed by atoms with Gasteiger partial charge in [-0.25, -0.2) is 0 Å². The number of halogens is 1. The summed E-state index contributed by atoms with van der Waals surface area (Å²) >= 11 is 5.97. The van der Waals surface area contributed by atoms with Crippen LogP contribution in [-0.4, -0.2) is 35.8 Å². The third kappa shape index (κ3) is 3.48. The van der Waals surface area contributed by atoms with E-state index >= 15 is 0 Å². The molecule has 0 bridgehead atoms. The fourth-order valence-corrected chi connectivity index (χ4v) is 3.06. The van der Waals surface area contributed by atoms with Gasteiger partial charge in [-0.1, -0.05) is 16.8 Å². The third-order valence-electron chi connectivity index (χ3n) is 4.10. The van der Waals surface area contributed by atoms with Gasteiger partial charge in [0.15, 0.2) is 0 Å². The number of hydrogen-bond donors (Lipinski definition) is 3. The first-order valence-electron chi connectivity index (χ1n) is 7.50. The summed E-state index contributed by atoms with van der Waals surface area (Å²) in [5.41, 5.74) is 8.40. The number of carbonyl (C=O) groups excluding carboxylic acids is 1. The van der Waals surface area contributed by atoms with Gasteiger partial charge in [-0.15, -0.1) is 0 Å². The van der Waals surface area contributed by atoms with E-state index in [1.165, 1.54) is 7.11 Å². The zero-order valence-electron chi connectivity index (χ0n) is 12.8. The number of amides is 1. The molecule has 1 aromatic carbocycles. The van der Waals surface area contributed by atoms with Gasteiger partial charge >= 0.3 is 0 Å². The van der Waals surface area contributed by atoms with Crippen molar-refractivity contribution < 1.29 is 9.63 Å². The molecule has 2 aromatic rings. The number of hydrogen-bond acceptors (Lipinski definition) is 4. The number of aromatic nitrogens is 1. The molecule has 1 aliphatic rings. The first-order valence-corrected chi connectivity index (χ1v) is 7.88. The van der Waals surface area contributed by atoms with Crippen LogP contribution in [0.3, 0.4) is 0 Å². The summed E-state index contributed by atoms with van der Waals surface area (Å²) < 4.78 is 0. The number of benzene rings is 1. The van der Waals surface area contributed by atoms with E-state index in [0.717, 1.165) is 29.5 Å². The molecule has 2 atom stereocenters. The van der Waals surface area contributed by atoms with E-state index < -0.39 is 0 Å². The number of carbonyl (C=O) groups is 1. The minimum atomic E-state index is -0.184. The Morgan fingerprint density at radius 1 is 1.48 bits per heavy atom. The van der Waals surface area contributed by atoms with E-state index in [0.29, 0.717) is 17.1 Å². The van der Waals surface area contributed by atoms with E-state index in [-0.39, 0.29) is 18.0 Å². The summed E-state index contributed by atoms with van der Waals surface area (Å²) in [4.78, 5) is 20.4. The first-order chi connectivity index (χ1) is 11.1. The Kier molecular flexibility index (Phi) is 4.54. The summed E-state index contributed by atoms with van der Waals surface area (Å²) in [7, 11) is 1.52. The van der Waals surface area contributed by atoms with E-state index in [1.807, 2.05) is 12.1 Å². The molecule has 0 spiro atoms. The molecular formula is C16H19ClN4O2. The molecule has 1 saturated carbocycles. The van der Waals surface area contributed by atoms with Crippen LogP contribution in [0.25, 0.3) is 10.9 Å². The molecule has 3 rings (SSSR count). The molecule has 2 unspecified atom stereocenters. The van der Waals surface area contributed by atoms with Crippen LogP contribution in [0.2, 0.25) is 5.02 Å². The number of aromatic amines is 1. The van der Waals surface area contributed by atoms with E-state index in [2.05, 4.69) is 15.5 Å². The number of oxime groups is 1. The zero-order chi connectivity index (χ0) is 16.4. The van der Waals surface area contributed by atoms with Crippen LogP contribution in [0.15, 0.2) is 29.4 Å². The maximum absolute atomic E-state index is 12.5. The van der Waals surface area contributed by atoms with Crippen LogP contribution >= 0.6 is 11.6 Å². The number of nitrogens with one attached hydrogen (secondary N) is 2. The van der Waals surface area contributed by atoms with Gasteiger partial charge in [-0.3, -0.25) is 4.79 Å². The highest BCUT2D eigenvalue weighted by atomic mass is 35.5. The maximum Gasteiger partial charge on any atom is 0.268 e. The van der Waals surface area contributed by atoms with Crippen molar-refractivity contribution in [1.29, 1.82) is 0 Å². The van der Waals surface area contributed by atoms with Crippen molar-refractivity contribution in [2.75, 3.05) is 7.11 Å². The molecule has 4 N–H and O–H groups in total. The Morgan fingerprint density at radius 3 is 3.09 bits per heavy atom. The van der Waals surface area contributed by atoms with Crippen LogP contribution in [0.1, 0.15) is 29.8 Å². The van der Waals surface area contributed by atoms with Crippen LogP contribution in [0, 0.1) is 0 Å². The second kappa shape index (κ2) is 6.60. The molecule has 1 aliphatic carbocycles. The summed E-state index contributed by atoms with van der Waals surface area (Å²) in [6, 6.07) is 7.00. The van der Waals surface area contributed by atoms with Crippen molar-refractivity contribution >= 4 is 34.1 Å². The Bertz CT molecular complexity index is 756. The van der Waals surface area contributed by atoms with Crippen LogP contribution in [0.4, 0.5) is 0 Å². The molecule has 1 heterocycles. The molecule has 6 nitrogen and oxygen atoms in total. The fraction of sp³-hybridized carbons (Fsp3) is 0.375. The second-order valence-corrected chi connectivity index (χ2v) is 6.18. The van der Waals surface area contributed by atoms with Crippen molar-refractivity contribution in [3.05, 3.63) is 35.0 Å². The highest BCUT2D eigenvalue weighted by Gasteiger charge is 2.28. The lowest BCUT2D eigenvalue weighted by Gasteiger charge is -2.29. The van der Waals surface area contributed by atoms with Gasteiger partial charge in [0.05, 0.1) is 5.71 Å². The number of rotatable bonds is 3. The number of nitrogens with zero attached hydrogens (tertiary/aromatic N) is 1. The highest BCUT2D eigenvalue weighted by molar-refractivity contribution is 6.31. The van der Waals surface area contributed by atoms with Gasteiger partial charge in [0.1, 0.15) is 12.8 Å². The molecule has 0 aliphatic heterocycles. The smallest absolute Gasteiger partial charge is 0.268 e. The molecule has 0 radical (unpaired) electrons. The average molecular weight is 335 g/mol. The SMILES string of the molecule is CO/N=C1\CCC(N)C(NC(=O)c2cc3cc(Cl)ccc3[nH]2)C1. The van der Waals surface area contributed by atoms with E-state index in [4.69, 9.17) is 22.2 Å². The Balaban J connectivity index is 1.75. The van der Waals surface area contributed by atoms with E-state index in [9.17, 15) is 4.79 Å². The Labute approximate surface area is 139 Å². The van der Waals surface area contributed by atoms with Gasteiger partial charge in [-0.05, 0) is 37.1 Å². The van der Waals surface area contributed by atoms with Crippen molar-refractivity contribution in [3.8, 4) is 0 Å². The predicted octanol–water partition coefficient (Wildman–Crippen LogP) is 2.43. The Hall–Kier alpha value is -2.05. The van der Waals surface area contributed by atoms with Crippen LogP contribution in [0.5, 0.6) is 0 Å². The normalized spacial score (nSPS) is 23.2. The third-order valence-corrected chi connectivity index (χ3v) is 4.34. The monoisotopic (exact) mass is 334 g/mol. The minimum absolute atomic E-state index is 0.0893. The molecule has 1 fully saturated rings. The molecule has 7 heteroatoms. The van der Waals surface area contributed by atoms with Gasteiger partial charge in [0.25, 0.3) is 5.91 Å². The van der Waals surface area contributed by atoms with Crippen molar-refractivity contribution in [1.82, 2.24) is 10.3 Å². The van der Waals surface area contributed by atoms with Crippen molar-refractivity contribution in [3.63, 3.8) is 0 Å². The van der Waals surface area contributed by atoms with Crippen molar-refractivity contribution in [2.45, 2.75) is 31.3 Å². The first kappa shape index (κ1) is 15.8. The maximum atomic E-state index is 12.5. The molecule has 1 aromatic heterocycles. The standard InChI is InChI=1S/C16H19ClN4O2/c1-23-21-11-3-4-12(18)14(8-11)20-16(22)15-7-9-6-10(17)2-5-13(9)19-15/h2,5-7,12,14,19H,3-4,8,18H2,1H3,(H,20,22)/b21-11+. The quantitative estimate of drug-likeness (QED) is 0.753. The summed E-state index contributed by atoms with van der Waals surface area (Å²) in [5.74, 6) is -0.184. The fourth-order valence-electron chi connectivity index (χ4n) is 2.88. The highest BCUT2D eigenvalue weighted by Crippen LogP contribution is 2.21. The van der Waals surface area contributed by atoms with Crippen molar-refractivity contribution in [2.24, 2.45) is 10.9 Å². The zero-order valence-corrected chi connectivity index (χ0v) is 13.6. The molecule has 0 saturated heterocycles. The lowest BCUT2D eigenvalue weighted by Crippen LogP contribution is -2.51.